The highest BCUT2D eigenvalue weighted by atomic mass is 32.1. The number of amides is 1. The van der Waals surface area contributed by atoms with Gasteiger partial charge < -0.3 is 26.0 Å². The zero-order chi connectivity index (χ0) is 27.4. The summed E-state index contributed by atoms with van der Waals surface area (Å²) in [6.45, 7) is 1.45. The van der Waals surface area contributed by atoms with Crippen LogP contribution in [0.25, 0.3) is 0 Å². The number of aromatic nitrogens is 1. The normalized spacial score (nSPS) is 14.4. The molecule has 0 bridgehead atoms. The first-order valence-electron chi connectivity index (χ1n) is 10.8. The quantitative estimate of drug-likeness (QED) is 0.331. The number of nitrogens with one attached hydrogen (secondary N) is 1. The van der Waals surface area contributed by atoms with Crippen molar-refractivity contribution < 1.29 is 42.5 Å². The summed E-state index contributed by atoms with van der Waals surface area (Å²) in [4.78, 5) is 35.2. The molecule has 0 saturated carbocycles. The Morgan fingerprint density at radius 1 is 1.08 bits per heavy atom. The maximum atomic E-state index is 13.0. The van der Waals surface area contributed by atoms with Gasteiger partial charge in [-0.2, -0.15) is 13.2 Å². The van der Waals surface area contributed by atoms with Crippen LogP contribution in [0.1, 0.15) is 45.5 Å². The summed E-state index contributed by atoms with van der Waals surface area (Å²) in [5.41, 5.74) is 6.15. The molecule has 4 rings (SSSR count). The van der Waals surface area contributed by atoms with Crippen molar-refractivity contribution in [1.82, 2.24) is 10.3 Å². The van der Waals surface area contributed by atoms with Crippen molar-refractivity contribution in [2.24, 2.45) is 5.73 Å². The third-order valence-corrected chi connectivity index (χ3v) is 5.68. The average molecular weight is 540 g/mol. The lowest BCUT2D eigenvalue weighted by molar-refractivity contribution is -0.192. The minimum atomic E-state index is -5.08. The molecule has 1 aliphatic heterocycles. The van der Waals surface area contributed by atoms with Gasteiger partial charge in [-0.3, -0.25) is 4.79 Å². The highest BCUT2D eigenvalue weighted by molar-refractivity contribution is 7.10. The molecule has 1 saturated heterocycles. The second kappa shape index (κ2) is 13.9. The molecule has 3 aromatic rings. The number of benzene rings is 2. The summed E-state index contributed by atoms with van der Waals surface area (Å²) in [6, 6.07) is 17.6. The maximum absolute atomic E-state index is 13.0. The topological polar surface area (TPSA) is 152 Å². The number of nitrogens with zero attached hydrogens (tertiary/aromatic N) is 1. The van der Waals surface area contributed by atoms with E-state index in [0.29, 0.717) is 23.6 Å². The number of carbonyl (C=O) groups is 3. The van der Waals surface area contributed by atoms with Crippen molar-refractivity contribution >= 4 is 29.2 Å². The smallest absolute Gasteiger partial charge is 0.488 e. The van der Waals surface area contributed by atoms with Crippen LogP contribution in [-0.4, -0.2) is 45.8 Å². The molecule has 1 amide bonds. The summed E-state index contributed by atoms with van der Waals surface area (Å²) in [5.74, 6) is -2.25. The van der Waals surface area contributed by atoms with Crippen LogP contribution in [0.2, 0.25) is 0 Å². The van der Waals surface area contributed by atoms with Gasteiger partial charge in [0.2, 0.25) is 5.78 Å². The highest BCUT2D eigenvalue weighted by Crippen LogP contribution is 2.28. The van der Waals surface area contributed by atoms with Crippen molar-refractivity contribution in [3.8, 4) is 5.75 Å². The van der Waals surface area contributed by atoms with E-state index in [-0.39, 0.29) is 11.8 Å². The molecule has 37 heavy (non-hydrogen) atoms. The van der Waals surface area contributed by atoms with E-state index in [0.717, 1.165) is 30.0 Å². The number of nitrogens with two attached hydrogens (primary N) is 1. The molecule has 1 aliphatic rings. The average Bonchev–Trinajstić information content (AvgIpc) is 3.55. The zero-order valence-corrected chi connectivity index (χ0v) is 20.1. The minimum absolute atomic E-state index is 0.0887. The van der Waals surface area contributed by atoms with Crippen molar-refractivity contribution in [3.63, 3.8) is 0 Å². The van der Waals surface area contributed by atoms with Gasteiger partial charge >= 0.3 is 18.2 Å². The molecule has 9 nitrogen and oxygen atoms in total. The number of ether oxygens (including phenoxy) is 1. The van der Waals surface area contributed by atoms with Crippen LogP contribution in [0.5, 0.6) is 5.75 Å². The molecule has 2 heterocycles. The van der Waals surface area contributed by atoms with Gasteiger partial charge in [-0.15, -0.1) is 11.3 Å². The Labute approximate surface area is 213 Å². The van der Waals surface area contributed by atoms with E-state index in [1.165, 1.54) is 0 Å². The van der Waals surface area contributed by atoms with E-state index < -0.39 is 18.2 Å². The number of primary amides is 1. The molecule has 2 aromatic carbocycles. The molecule has 0 aliphatic carbocycles. The monoisotopic (exact) mass is 539 g/mol. The van der Waals surface area contributed by atoms with Crippen molar-refractivity contribution in [3.05, 3.63) is 81.8 Å². The number of carboxylic acid groups (broad SMARTS) is 2. The lowest BCUT2D eigenvalue weighted by Crippen LogP contribution is -2.21. The Morgan fingerprint density at radius 3 is 2.24 bits per heavy atom. The highest BCUT2D eigenvalue weighted by Gasteiger charge is 2.38. The Balaban J connectivity index is 0.000000371. The van der Waals surface area contributed by atoms with Gasteiger partial charge in [0.05, 0.1) is 11.6 Å². The molecular formula is C24H24F3N3O6S. The second-order valence-electron chi connectivity index (χ2n) is 7.46. The van der Waals surface area contributed by atoms with E-state index in [1.54, 1.807) is 17.4 Å². The third kappa shape index (κ3) is 9.89. The van der Waals surface area contributed by atoms with Gasteiger partial charge in [-0.1, -0.05) is 42.5 Å². The van der Waals surface area contributed by atoms with Gasteiger partial charge in [-0.25, -0.2) is 14.6 Å². The summed E-state index contributed by atoms with van der Waals surface area (Å²) in [7, 11) is 0. The fraction of sp³-hybridized carbons (Fsp3) is 0.250. The van der Waals surface area contributed by atoms with E-state index in [4.69, 9.17) is 24.5 Å². The van der Waals surface area contributed by atoms with Crippen molar-refractivity contribution in [2.75, 3.05) is 6.54 Å². The van der Waals surface area contributed by atoms with Gasteiger partial charge in [0.15, 0.2) is 0 Å². The van der Waals surface area contributed by atoms with Crippen LogP contribution in [0.4, 0.5) is 18.0 Å². The third-order valence-electron chi connectivity index (χ3n) is 4.72. The number of hydrogen-bond acceptors (Lipinski definition) is 7. The van der Waals surface area contributed by atoms with Gasteiger partial charge in [0.25, 0.3) is 0 Å². The molecule has 1 fully saturated rings. The molecule has 5 N–H and O–H groups in total. The number of aliphatic carboxylic acids is 1. The van der Waals surface area contributed by atoms with Crippen LogP contribution in [0.3, 0.4) is 0 Å². The van der Waals surface area contributed by atoms with Crippen molar-refractivity contribution in [1.29, 1.82) is 0 Å². The van der Waals surface area contributed by atoms with Gasteiger partial charge in [0, 0.05) is 5.38 Å². The number of halogens is 3. The molecule has 13 heteroatoms. The molecule has 0 spiro atoms. The first-order valence-corrected chi connectivity index (χ1v) is 11.6. The SMILES string of the molecule is NC(=O)O.O=C(O)C(F)(F)F.O=C(c1csc([C@@H]2CCCN2)n1)c1ccccc1OCc1ccccc1. The number of alkyl halides is 3. The fourth-order valence-corrected chi connectivity index (χ4v) is 4.01. The lowest BCUT2D eigenvalue weighted by atomic mass is 10.1. The van der Waals surface area contributed by atoms with Crippen LogP contribution in [0.15, 0.2) is 60.0 Å². The number of ketones is 1. The Hall–Kier alpha value is -3.97. The van der Waals surface area contributed by atoms with Crippen LogP contribution in [0, 0.1) is 0 Å². The zero-order valence-electron chi connectivity index (χ0n) is 19.3. The predicted octanol–water partition coefficient (Wildman–Crippen LogP) is 4.63. The Morgan fingerprint density at radius 2 is 1.68 bits per heavy atom. The number of carbonyl (C=O) groups excluding carboxylic acids is 1. The maximum Gasteiger partial charge on any atom is 0.490 e. The summed E-state index contributed by atoms with van der Waals surface area (Å²) < 4.78 is 37.7. The molecular weight excluding hydrogens is 515 g/mol. The summed E-state index contributed by atoms with van der Waals surface area (Å²) >= 11 is 1.55. The predicted molar refractivity (Wildman–Crippen MR) is 129 cm³/mol. The van der Waals surface area contributed by atoms with Gasteiger partial charge in [0.1, 0.15) is 23.1 Å². The van der Waals surface area contributed by atoms with Crippen LogP contribution in [-0.2, 0) is 11.4 Å². The molecule has 0 unspecified atom stereocenters. The Bertz CT molecular complexity index is 1180. The number of thiazole rings is 1. The summed E-state index contributed by atoms with van der Waals surface area (Å²) in [5, 5.41) is 20.6. The molecule has 1 aromatic heterocycles. The number of hydrogen-bond donors (Lipinski definition) is 4. The van der Waals surface area contributed by atoms with Crippen LogP contribution < -0.4 is 15.8 Å². The number of para-hydroxylation sites is 1. The molecule has 1 atom stereocenters. The molecule has 198 valence electrons. The van der Waals surface area contributed by atoms with Crippen molar-refractivity contribution in [2.45, 2.75) is 31.7 Å². The van der Waals surface area contributed by atoms with Gasteiger partial charge in [-0.05, 0) is 37.1 Å². The first kappa shape index (κ1) is 29.3. The second-order valence-corrected chi connectivity index (χ2v) is 8.35. The summed E-state index contributed by atoms with van der Waals surface area (Å²) in [6.07, 6.45) is -4.18. The minimum Gasteiger partial charge on any atom is -0.488 e. The van der Waals surface area contributed by atoms with E-state index in [2.05, 4.69) is 16.0 Å². The van der Waals surface area contributed by atoms with Crippen LogP contribution >= 0.6 is 11.3 Å². The van der Waals surface area contributed by atoms with E-state index in [9.17, 15) is 18.0 Å². The van der Waals surface area contributed by atoms with E-state index in [1.807, 2.05) is 53.9 Å². The largest absolute Gasteiger partial charge is 0.490 e. The number of carboxylic acids is 1. The standard InChI is InChI=1S/C21H20N2O2S.C2HF3O2.CH3NO2/c24-20(18-14-26-21(23-18)17-10-6-12-22-17)16-9-4-5-11-19(16)25-13-15-7-2-1-3-8-15;3-2(4,5)1(6)7;2-1(3)4/h1-5,7-9,11,14,17,22H,6,10,12-13H2;(H,6,7);2H2,(H,3,4)/t17-;;/m0../s1. The lowest BCUT2D eigenvalue weighted by Gasteiger charge is -2.10. The Kier molecular flexibility index (Phi) is 11.0. The number of rotatable bonds is 6. The molecule has 0 radical (unpaired) electrons. The fourth-order valence-electron chi connectivity index (χ4n) is 3.10. The van der Waals surface area contributed by atoms with E-state index >= 15 is 0 Å². The first-order chi connectivity index (χ1) is 17.5.